The maximum atomic E-state index is 13.2. The van der Waals surface area contributed by atoms with Crippen LogP contribution in [0.25, 0.3) is 0 Å². The Morgan fingerprint density at radius 1 is 1.53 bits per heavy atom. The third-order valence-electron chi connectivity index (χ3n) is 3.13. The minimum Gasteiger partial charge on any atom is -0.344 e. The Morgan fingerprint density at radius 2 is 2.26 bits per heavy atom. The number of rotatable bonds is 4. The van der Waals surface area contributed by atoms with Crippen LogP contribution in [0.1, 0.15) is 12.0 Å². The number of nitrogens with zero attached hydrogens (tertiary/aromatic N) is 2. The van der Waals surface area contributed by atoms with E-state index in [-0.39, 0.29) is 24.2 Å². The molecule has 1 atom stereocenters. The predicted molar refractivity (Wildman–Crippen MR) is 65.9 cm³/mol. The molecule has 1 fully saturated rings. The monoisotopic (exact) mass is 267 g/mol. The van der Waals surface area contributed by atoms with E-state index < -0.39 is 10.7 Å². The summed E-state index contributed by atoms with van der Waals surface area (Å²) in [5, 5.41) is 13.6. The van der Waals surface area contributed by atoms with E-state index in [0.29, 0.717) is 18.5 Å². The molecule has 1 N–H and O–H groups in total. The number of hydrogen-bond donors (Lipinski definition) is 1. The smallest absolute Gasteiger partial charge is 0.272 e. The number of carbonyl (C=O) groups is 1. The first kappa shape index (κ1) is 13.4. The molecule has 102 valence electrons. The van der Waals surface area contributed by atoms with Gasteiger partial charge in [-0.2, -0.15) is 0 Å². The molecular weight excluding hydrogens is 253 g/mol. The SMILES string of the molecule is CN1CCC(NCc2cc(F)cc([N+](=O)[O-])c2)C1=O. The van der Waals surface area contributed by atoms with Crippen molar-refractivity contribution in [2.24, 2.45) is 0 Å². The first-order chi connectivity index (χ1) is 8.97. The molecule has 1 saturated heterocycles. The van der Waals surface area contributed by atoms with Gasteiger partial charge in [-0.05, 0) is 18.1 Å². The molecule has 6 nitrogen and oxygen atoms in total. The number of amides is 1. The van der Waals surface area contributed by atoms with Crippen molar-refractivity contribution in [1.29, 1.82) is 0 Å². The van der Waals surface area contributed by atoms with Gasteiger partial charge >= 0.3 is 0 Å². The maximum absolute atomic E-state index is 13.2. The third kappa shape index (κ3) is 3.05. The lowest BCUT2D eigenvalue weighted by atomic mass is 10.1. The summed E-state index contributed by atoms with van der Waals surface area (Å²) in [7, 11) is 1.72. The second kappa shape index (κ2) is 5.31. The summed E-state index contributed by atoms with van der Waals surface area (Å²) in [5.74, 6) is -0.660. The van der Waals surface area contributed by atoms with Crippen molar-refractivity contribution in [3.63, 3.8) is 0 Å². The van der Waals surface area contributed by atoms with Crippen LogP contribution in [-0.4, -0.2) is 35.4 Å². The van der Waals surface area contributed by atoms with Gasteiger partial charge in [0.2, 0.25) is 5.91 Å². The lowest BCUT2D eigenvalue weighted by molar-refractivity contribution is -0.385. The Bertz CT molecular complexity index is 521. The first-order valence-corrected chi connectivity index (χ1v) is 5.89. The van der Waals surface area contributed by atoms with Gasteiger partial charge in [0.05, 0.1) is 17.0 Å². The average molecular weight is 267 g/mol. The molecule has 0 aliphatic carbocycles. The van der Waals surface area contributed by atoms with Crippen molar-refractivity contribution in [2.45, 2.75) is 19.0 Å². The van der Waals surface area contributed by atoms with Crippen LogP contribution in [-0.2, 0) is 11.3 Å². The fourth-order valence-corrected chi connectivity index (χ4v) is 2.09. The second-order valence-corrected chi connectivity index (χ2v) is 4.56. The van der Waals surface area contributed by atoms with Crippen LogP contribution < -0.4 is 5.32 Å². The van der Waals surface area contributed by atoms with E-state index in [1.54, 1.807) is 11.9 Å². The number of likely N-dealkylation sites (tertiary alicyclic amines) is 1. The Balaban J connectivity index is 2.03. The number of nitro groups is 1. The molecule has 1 aliphatic heterocycles. The van der Waals surface area contributed by atoms with Gasteiger partial charge in [0.1, 0.15) is 5.82 Å². The van der Waals surface area contributed by atoms with Crippen LogP contribution in [0.15, 0.2) is 18.2 Å². The van der Waals surface area contributed by atoms with Crippen LogP contribution in [0.3, 0.4) is 0 Å². The molecule has 1 aromatic rings. The number of likely N-dealkylation sites (N-methyl/N-ethyl adjacent to an activating group) is 1. The normalized spacial score (nSPS) is 18.9. The Morgan fingerprint density at radius 3 is 2.84 bits per heavy atom. The summed E-state index contributed by atoms with van der Waals surface area (Å²) in [5.41, 5.74) is 0.167. The lowest BCUT2D eigenvalue weighted by Crippen LogP contribution is -2.36. The zero-order valence-corrected chi connectivity index (χ0v) is 10.4. The van der Waals surface area contributed by atoms with Gasteiger partial charge in [-0.15, -0.1) is 0 Å². The Kier molecular flexibility index (Phi) is 3.75. The molecule has 1 amide bonds. The van der Waals surface area contributed by atoms with Gasteiger partial charge in [0.15, 0.2) is 0 Å². The summed E-state index contributed by atoms with van der Waals surface area (Å²) >= 11 is 0. The number of nitro benzene ring substituents is 1. The van der Waals surface area contributed by atoms with E-state index in [0.717, 1.165) is 6.07 Å². The van der Waals surface area contributed by atoms with E-state index >= 15 is 0 Å². The van der Waals surface area contributed by atoms with Gasteiger partial charge in [0, 0.05) is 26.2 Å². The number of halogens is 1. The standard InChI is InChI=1S/C12H14FN3O3/c1-15-3-2-11(12(15)17)14-7-8-4-9(13)6-10(5-8)16(18)19/h4-6,11,14H,2-3,7H2,1H3. The highest BCUT2D eigenvalue weighted by Crippen LogP contribution is 2.17. The highest BCUT2D eigenvalue weighted by molar-refractivity contribution is 5.83. The van der Waals surface area contributed by atoms with E-state index in [4.69, 9.17) is 0 Å². The van der Waals surface area contributed by atoms with Crippen LogP contribution in [0, 0.1) is 15.9 Å². The molecule has 2 rings (SSSR count). The topological polar surface area (TPSA) is 75.5 Å². The average Bonchev–Trinajstić information content (AvgIpc) is 2.67. The highest BCUT2D eigenvalue weighted by atomic mass is 19.1. The highest BCUT2D eigenvalue weighted by Gasteiger charge is 2.28. The molecule has 0 radical (unpaired) electrons. The number of carbonyl (C=O) groups excluding carboxylic acids is 1. The second-order valence-electron chi connectivity index (χ2n) is 4.56. The largest absolute Gasteiger partial charge is 0.344 e. The fourth-order valence-electron chi connectivity index (χ4n) is 2.09. The number of benzene rings is 1. The van der Waals surface area contributed by atoms with Gasteiger partial charge in [0.25, 0.3) is 5.69 Å². The van der Waals surface area contributed by atoms with Crippen LogP contribution in [0.5, 0.6) is 0 Å². The van der Waals surface area contributed by atoms with E-state index in [1.807, 2.05) is 0 Å². The van der Waals surface area contributed by atoms with Gasteiger partial charge in [-0.3, -0.25) is 14.9 Å². The van der Waals surface area contributed by atoms with Crippen molar-refractivity contribution in [3.05, 3.63) is 39.7 Å². The summed E-state index contributed by atoms with van der Waals surface area (Å²) in [6.07, 6.45) is 0.687. The number of hydrogen-bond acceptors (Lipinski definition) is 4. The van der Waals surface area contributed by atoms with Crippen LogP contribution in [0.4, 0.5) is 10.1 Å². The quantitative estimate of drug-likeness (QED) is 0.653. The molecule has 1 aliphatic rings. The van der Waals surface area contributed by atoms with Gasteiger partial charge in [-0.1, -0.05) is 0 Å². The van der Waals surface area contributed by atoms with Gasteiger partial charge < -0.3 is 10.2 Å². The maximum Gasteiger partial charge on any atom is 0.272 e. The van der Waals surface area contributed by atoms with Gasteiger partial charge in [-0.25, -0.2) is 4.39 Å². The van der Waals surface area contributed by atoms with Crippen molar-refractivity contribution in [3.8, 4) is 0 Å². The van der Waals surface area contributed by atoms with Crippen molar-refractivity contribution in [2.75, 3.05) is 13.6 Å². The molecule has 1 heterocycles. The lowest BCUT2D eigenvalue weighted by Gasteiger charge is -2.12. The van der Waals surface area contributed by atoms with E-state index in [2.05, 4.69) is 5.32 Å². The Hall–Kier alpha value is -2.02. The third-order valence-corrected chi connectivity index (χ3v) is 3.13. The molecule has 1 aromatic carbocycles. The first-order valence-electron chi connectivity index (χ1n) is 5.89. The predicted octanol–water partition coefficient (Wildman–Crippen LogP) is 1.05. The molecule has 0 saturated carbocycles. The zero-order valence-electron chi connectivity index (χ0n) is 10.4. The Labute approximate surface area is 109 Å². The zero-order chi connectivity index (χ0) is 14.0. The summed E-state index contributed by atoms with van der Waals surface area (Å²) in [6, 6.07) is 3.10. The van der Waals surface area contributed by atoms with Crippen molar-refractivity contribution >= 4 is 11.6 Å². The number of nitrogens with one attached hydrogen (secondary N) is 1. The fraction of sp³-hybridized carbons (Fsp3) is 0.417. The summed E-state index contributed by atoms with van der Waals surface area (Å²) in [6.45, 7) is 0.905. The molecule has 7 heteroatoms. The minimum absolute atomic E-state index is 0.00842. The molecule has 0 aromatic heterocycles. The molecule has 19 heavy (non-hydrogen) atoms. The van der Waals surface area contributed by atoms with Crippen molar-refractivity contribution in [1.82, 2.24) is 10.2 Å². The van der Waals surface area contributed by atoms with Crippen LogP contribution >= 0.6 is 0 Å². The minimum atomic E-state index is -0.652. The summed E-state index contributed by atoms with van der Waals surface area (Å²) < 4.78 is 13.2. The summed E-state index contributed by atoms with van der Waals surface area (Å²) in [4.78, 5) is 23.2. The van der Waals surface area contributed by atoms with Crippen LogP contribution in [0.2, 0.25) is 0 Å². The van der Waals surface area contributed by atoms with Crippen molar-refractivity contribution < 1.29 is 14.1 Å². The molecule has 1 unspecified atom stereocenters. The number of non-ortho nitro benzene ring substituents is 1. The molecule has 0 spiro atoms. The molecular formula is C12H14FN3O3. The van der Waals surface area contributed by atoms with E-state index in [1.165, 1.54) is 12.1 Å². The van der Waals surface area contributed by atoms with E-state index in [9.17, 15) is 19.3 Å². The molecule has 0 bridgehead atoms.